The quantitative estimate of drug-likeness (QED) is 0.915. The van der Waals surface area contributed by atoms with Crippen LogP contribution in [0.1, 0.15) is 11.1 Å². The number of ether oxygens (including phenoxy) is 1. The van der Waals surface area contributed by atoms with E-state index in [1.165, 1.54) is 0 Å². The molecule has 1 N–H and O–H groups in total. The number of pyridine rings is 1. The third kappa shape index (κ3) is 3.00. The largest absolute Gasteiger partial charge is 0.438 e. The van der Waals surface area contributed by atoms with Gasteiger partial charge in [-0.15, -0.1) is 0 Å². The van der Waals surface area contributed by atoms with Crippen LogP contribution in [0.2, 0.25) is 5.02 Å². The molecule has 0 amide bonds. The van der Waals surface area contributed by atoms with E-state index in [-0.39, 0.29) is 0 Å². The van der Waals surface area contributed by atoms with Gasteiger partial charge in [-0.3, -0.25) is 0 Å². The fourth-order valence-corrected chi connectivity index (χ4v) is 1.90. The Bertz CT molecular complexity index is 543. The van der Waals surface area contributed by atoms with E-state index < -0.39 is 0 Å². The first kappa shape index (κ1) is 12.9. The predicted octanol–water partition coefficient (Wildman–Crippen LogP) is 3.56. The first-order valence-electron chi connectivity index (χ1n) is 5.73. The first-order valence-corrected chi connectivity index (χ1v) is 6.11. The van der Waals surface area contributed by atoms with Gasteiger partial charge in [-0.05, 0) is 43.8 Å². The fourth-order valence-electron chi connectivity index (χ4n) is 1.67. The number of benzene rings is 1. The molecular weight excluding hydrogens is 248 g/mol. The van der Waals surface area contributed by atoms with Crippen molar-refractivity contribution in [2.24, 2.45) is 0 Å². The van der Waals surface area contributed by atoms with Crippen molar-refractivity contribution in [2.45, 2.75) is 13.5 Å². The van der Waals surface area contributed by atoms with E-state index in [0.717, 1.165) is 23.4 Å². The molecule has 0 atom stereocenters. The number of hydrogen-bond acceptors (Lipinski definition) is 3. The lowest BCUT2D eigenvalue weighted by atomic mass is 10.2. The molecule has 0 unspecified atom stereocenters. The van der Waals surface area contributed by atoms with E-state index in [0.29, 0.717) is 10.9 Å². The van der Waals surface area contributed by atoms with Crippen molar-refractivity contribution in [1.29, 1.82) is 0 Å². The van der Waals surface area contributed by atoms with Gasteiger partial charge in [0, 0.05) is 23.3 Å². The van der Waals surface area contributed by atoms with Crippen molar-refractivity contribution >= 4 is 11.6 Å². The molecule has 2 rings (SSSR count). The molecule has 0 aliphatic rings. The van der Waals surface area contributed by atoms with Crippen LogP contribution in [-0.2, 0) is 6.54 Å². The second-order valence-electron chi connectivity index (χ2n) is 4.01. The topological polar surface area (TPSA) is 34.2 Å². The molecule has 1 heterocycles. The van der Waals surface area contributed by atoms with Crippen molar-refractivity contribution in [1.82, 2.24) is 10.3 Å². The molecule has 0 fully saturated rings. The van der Waals surface area contributed by atoms with Crippen LogP contribution >= 0.6 is 11.6 Å². The number of aromatic nitrogens is 1. The van der Waals surface area contributed by atoms with Crippen LogP contribution in [0.25, 0.3) is 0 Å². The maximum Gasteiger partial charge on any atom is 0.223 e. The number of aryl methyl sites for hydroxylation is 1. The lowest BCUT2D eigenvalue weighted by Crippen LogP contribution is -2.07. The van der Waals surface area contributed by atoms with Gasteiger partial charge in [0.1, 0.15) is 5.75 Å². The number of nitrogens with zero attached hydrogens (tertiary/aromatic N) is 1. The van der Waals surface area contributed by atoms with Crippen molar-refractivity contribution in [3.63, 3.8) is 0 Å². The van der Waals surface area contributed by atoms with Gasteiger partial charge in [0.25, 0.3) is 0 Å². The summed E-state index contributed by atoms with van der Waals surface area (Å²) in [4.78, 5) is 4.26. The smallest absolute Gasteiger partial charge is 0.223 e. The van der Waals surface area contributed by atoms with E-state index in [2.05, 4.69) is 10.3 Å². The van der Waals surface area contributed by atoms with Gasteiger partial charge in [0.05, 0.1) is 0 Å². The molecule has 0 saturated heterocycles. The van der Waals surface area contributed by atoms with Crippen LogP contribution in [-0.4, -0.2) is 12.0 Å². The van der Waals surface area contributed by atoms with Gasteiger partial charge in [0.2, 0.25) is 5.88 Å². The molecule has 1 aromatic carbocycles. The van der Waals surface area contributed by atoms with Crippen molar-refractivity contribution in [2.75, 3.05) is 7.05 Å². The molecule has 0 spiro atoms. The third-order valence-electron chi connectivity index (χ3n) is 2.56. The standard InChI is InChI=1S/C14H15ClN2O/c1-10-8-12(15)5-6-13(10)18-14-11(9-16-2)4-3-7-17-14/h3-8,16H,9H2,1-2H3. The van der Waals surface area contributed by atoms with Crippen LogP contribution in [0.3, 0.4) is 0 Å². The Kier molecular flexibility index (Phi) is 4.18. The minimum Gasteiger partial charge on any atom is -0.438 e. The average Bonchev–Trinajstić information content (AvgIpc) is 2.35. The molecule has 94 valence electrons. The molecule has 1 aromatic heterocycles. The molecule has 0 bridgehead atoms. The zero-order valence-electron chi connectivity index (χ0n) is 10.4. The van der Waals surface area contributed by atoms with E-state index in [4.69, 9.17) is 16.3 Å². The van der Waals surface area contributed by atoms with E-state index in [1.807, 2.05) is 44.3 Å². The van der Waals surface area contributed by atoms with E-state index in [9.17, 15) is 0 Å². The maximum atomic E-state index is 5.92. The summed E-state index contributed by atoms with van der Waals surface area (Å²) in [5.74, 6) is 1.40. The van der Waals surface area contributed by atoms with Gasteiger partial charge in [0.15, 0.2) is 0 Å². The van der Waals surface area contributed by atoms with Gasteiger partial charge in [-0.2, -0.15) is 0 Å². The molecule has 2 aromatic rings. The highest BCUT2D eigenvalue weighted by molar-refractivity contribution is 6.30. The highest BCUT2D eigenvalue weighted by Gasteiger charge is 2.07. The Morgan fingerprint density at radius 3 is 2.89 bits per heavy atom. The summed E-state index contributed by atoms with van der Waals surface area (Å²) < 4.78 is 5.84. The second-order valence-corrected chi connectivity index (χ2v) is 4.45. The normalized spacial score (nSPS) is 10.4. The SMILES string of the molecule is CNCc1cccnc1Oc1ccc(Cl)cc1C. The highest BCUT2D eigenvalue weighted by atomic mass is 35.5. The van der Waals surface area contributed by atoms with Crippen LogP contribution in [0, 0.1) is 6.92 Å². The predicted molar refractivity (Wildman–Crippen MR) is 73.3 cm³/mol. The lowest BCUT2D eigenvalue weighted by molar-refractivity contribution is 0.451. The molecule has 0 aliphatic heterocycles. The molecule has 0 radical (unpaired) electrons. The van der Waals surface area contributed by atoms with Crippen LogP contribution in [0.4, 0.5) is 0 Å². The van der Waals surface area contributed by atoms with Gasteiger partial charge in [-0.1, -0.05) is 17.7 Å². The van der Waals surface area contributed by atoms with Gasteiger partial charge < -0.3 is 10.1 Å². The Morgan fingerprint density at radius 2 is 2.17 bits per heavy atom. The summed E-state index contributed by atoms with van der Waals surface area (Å²) in [5.41, 5.74) is 2.01. The summed E-state index contributed by atoms with van der Waals surface area (Å²) in [5, 5.41) is 3.80. The molecule has 0 saturated carbocycles. The molecular formula is C14H15ClN2O. The molecule has 18 heavy (non-hydrogen) atoms. The van der Waals surface area contributed by atoms with Crippen LogP contribution < -0.4 is 10.1 Å². The minimum absolute atomic E-state index is 0.622. The summed E-state index contributed by atoms with van der Waals surface area (Å²) in [7, 11) is 1.89. The fraction of sp³-hybridized carbons (Fsp3) is 0.214. The Morgan fingerprint density at radius 1 is 1.33 bits per heavy atom. The molecule has 4 heteroatoms. The van der Waals surface area contributed by atoms with E-state index in [1.54, 1.807) is 6.20 Å². The summed E-state index contributed by atoms with van der Waals surface area (Å²) in [6.07, 6.45) is 1.72. The first-order chi connectivity index (χ1) is 8.70. The highest BCUT2D eigenvalue weighted by Crippen LogP contribution is 2.27. The number of rotatable bonds is 4. The average molecular weight is 263 g/mol. The molecule has 0 aliphatic carbocycles. The number of halogens is 1. The monoisotopic (exact) mass is 262 g/mol. The Hall–Kier alpha value is -1.58. The Balaban J connectivity index is 2.28. The maximum absolute atomic E-state index is 5.92. The zero-order chi connectivity index (χ0) is 13.0. The minimum atomic E-state index is 0.622. The van der Waals surface area contributed by atoms with Gasteiger partial charge >= 0.3 is 0 Å². The molecule has 3 nitrogen and oxygen atoms in total. The van der Waals surface area contributed by atoms with Crippen LogP contribution in [0.5, 0.6) is 11.6 Å². The van der Waals surface area contributed by atoms with Gasteiger partial charge in [-0.25, -0.2) is 4.98 Å². The summed E-state index contributed by atoms with van der Waals surface area (Å²) in [6.45, 7) is 2.68. The Labute approximate surface area is 112 Å². The third-order valence-corrected chi connectivity index (χ3v) is 2.80. The van der Waals surface area contributed by atoms with Crippen molar-refractivity contribution in [3.05, 3.63) is 52.7 Å². The van der Waals surface area contributed by atoms with Crippen molar-refractivity contribution in [3.8, 4) is 11.6 Å². The number of hydrogen-bond donors (Lipinski definition) is 1. The zero-order valence-corrected chi connectivity index (χ0v) is 11.2. The lowest BCUT2D eigenvalue weighted by Gasteiger charge is -2.11. The summed E-state index contributed by atoms with van der Waals surface area (Å²) >= 11 is 5.92. The van der Waals surface area contributed by atoms with Crippen LogP contribution in [0.15, 0.2) is 36.5 Å². The summed E-state index contributed by atoms with van der Waals surface area (Å²) in [6, 6.07) is 9.43. The van der Waals surface area contributed by atoms with Crippen molar-refractivity contribution < 1.29 is 4.74 Å². The van der Waals surface area contributed by atoms with E-state index >= 15 is 0 Å². The number of nitrogens with one attached hydrogen (secondary N) is 1. The second kappa shape index (κ2) is 5.85.